The van der Waals surface area contributed by atoms with Gasteiger partial charge in [0.1, 0.15) is 10.8 Å². The number of carbonyl (C=O) groups is 1. The summed E-state index contributed by atoms with van der Waals surface area (Å²) in [6, 6.07) is 11.3. The van der Waals surface area contributed by atoms with E-state index in [2.05, 4.69) is 18.0 Å². The van der Waals surface area contributed by atoms with Crippen LogP contribution in [0.15, 0.2) is 36.4 Å². The SMILES string of the molecule is Cc1cc2sc([C@H]3CCCN3C(=O)Oc3ccccc3)nc2nc1C. The molecule has 0 N–H and O–H groups in total. The zero-order chi connectivity index (χ0) is 17.4. The maximum Gasteiger partial charge on any atom is 0.415 e. The van der Waals surface area contributed by atoms with E-state index in [1.54, 1.807) is 28.4 Å². The first kappa shape index (κ1) is 16.0. The Hall–Kier alpha value is -2.47. The predicted octanol–water partition coefficient (Wildman–Crippen LogP) is 4.64. The number of pyridine rings is 1. The molecule has 0 bridgehead atoms. The second-order valence-corrected chi connectivity index (χ2v) is 7.36. The van der Waals surface area contributed by atoms with Gasteiger partial charge in [0.25, 0.3) is 0 Å². The molecule has 5 nitrogen and oxygen atoms in total. The number of hydrogen-bond donors (Lipinski definition) is 0. The molecule has 3 aromatic rings. The molecule has 0 spiro atoms. The molecule has 2 aromatic heterocycles. The number of aryl methyl sites for hydroxylation is 2. The summed E-state index contributed by atoms with van der Waals surface area (Å²) in [6.45, 7) is 4.74. The van der Waals surface area contributed by atoms with E-state index in [0.29, 0.717) is 12.3 Å². The average molecular weight is 353 g/mol. The summed E-state index contributed by atoms with van der Waals surface area (Å²) in [5.74, 6) is 0.565. The maximum atomic E-state index is 12.6. The Morgan fingerprint density at radius 1 is 1.24 bits per heavy atom. The van der Waals surface area contributed by atoms with Crippen molar-refractivity contribution >= 4 is 27.8 Å². The Morgan fingerprint density at radius 3 is 2.84 bits per heavy atom. The minimum absolute atomic E-state index is 0.0315. The summed E-state index contributed by atoms with van der Waals surface area (Å²) in [5.41, 5.74) is 2.93. The van der Waals surface area contributed by atoms with E-state index in [1.165, 1.54) is 0 Å². The minimum atomic E-state index is -0.312. The lowest BCUT2D eigenvalue weighted by atomic mass is 10.2. The van der Waals surface area contributed by atoms with Gasteiger partial charge in [0.15, 0.2) is 5.65 Å². The van der Waals surface area contributed by atoms with Crippen LogP contribution in [0.2, 0.25) is 0 Å². The van der Waals surface area contributed by atoms with Crippen LogP contribution in [0.25, 0.3) is 10.3 Å². The van der Waals surface area contributed by atoms with Crippen molar-refractivity contribution in [3.63, 3.8) is 0 Å². The zero-order valence-electron chi connectivity index (χ0n) is 14.2. The molecule has 1 fully saturated rings. The van der Waals surface area contributed by atoms with E-state index in [4.69, 9.17) is 9.72 Å². The molecule has 1 amide bonds. The van der Waals surface area contributed by atoms with Crippen LogP contribution >= 0.6 is 11.3 Å². The van der Waals surface area contributed by atoms with Crippen LogP contribution < -0.4 is 4.74 Å². The number of aromatic nitrogens is 2. The fourth-order valence-electron chi connectivity index (χ4n) is 3.10. The highest BCUT2D eigenvalue weighted by molar-refractivity contribution is 7.18. The standard InChI is InChI=1S/C19H19N3O2S/c1-12-11-16-17(20-13(12)2)21-18(25-16)15-9-6-10-22(15)19(23)24-14-7-4-3-5-8-14/h3-5,7-8,11,15H,6,9-10H2,1-2H3/t15-/m1/s1. The molecule has 4 rings (SSSR count). The smallest absolute Gasteiger partial charge is 0.410 e. The maximum absolute atomic E-state index is 12.6. The molecule has 128 valence electrons. The monoisotopic (exact) mass is 353 g/mol. The molecular weight excluding hydrogens is 334 g/mol. The number of rotatable bonds is 2. The van der Waals surface area contributed by atoms with Crippen molar-refractivity contribution in [2.45, 2.75) is 32.7 Å². The van der Waals surface area contributed by atoms with Crippen molar-refractivity contribution in [2.75, 3.05) is 6.54 Å². The van der Waals surface area contributed by atoms with Gasteiger partial charge >= 0.3 is 6.09 Å². The number of carbonyl (C=O) groups excluding carboxylic acids is 1. The van der Waals surface area contributed by atoms with Crippen molar-refractivity contribution in [3.05, 3.63) is 52.7 Å². The quantitative estimate of drug-likeness (QED) is 0.673. The average Bonchev–Trinajstić information content (AvgIpc) is 3.22. The van der Waals surface area contributed by atoms with Crippen LogP contribution in [0.3, 0.4) is 0 Å². The number of likely N-dealkylation sites (tertiary alicyclic amines) is 1. The number of fused-ring (bicyclic) bond motifs is 1. The molecule has 0 aliphatic carbocycles. The Labute approximate surface area is 150 Å². The van der Waals surface area contributed by atoms with Crippen LogP contribution in [0.5, 0.6) is 5.75 Å². The van der Waals surface area contributed by atoms with Crippen LogP contribution in [0, 0.1) is 13.8 Å². The molecule has 1 aliphatic heterocycles. The molecule has 1 atom stereocenters. The summed E-state index contributed by atoms with van der Waals surface area (Å²) < 4.78 is 6.58. The van der Waals surface area contributed by atoms with Gasteiger partial charge in [-0.05, 0) is 50.5 Å². The van der Waals surface area contributed by atoms with E-state index in [-0.39, 0.29) is 12.1 Å². The molecule has 1 aliphatic rings. The first-order valence-electron chi connectivity index (χ1n) is 8.40. The topological polar surface area (TPSA) is 55.3 Å². The second kappa shape index (κ2) is 6.44. The van der Waals surface area contributed by atoms with Gasteiger partial charge in [-0.25, -0.2) is 14.8 Å². The summed E-state index contributed by atoms with van der Waals surface area (Å²) in [5, 5.41) is 0.940. The van der Waals surface area contributed by atoms with Gasteiger partial charge in [0.2, 0.25) is 0 Å². The van der Waals surface area contributed by atoms with Crippen molar-refractivity contribution in [1.29, 1.82) is 0 Å². The second-order valence-electron chi connectivity index (χ2n) is 6.30. The molecule has 0 saturated carbocycles. The van der Waals surface area contributed by atoms with Crippen LogP contribution in [-0.4, -0.2) is 27.5 Å². The number of ether oxygens (including phenoxy) is 1. The summed E-state index contributed by atoms with van der Waals surface area (Å²) in [6.07, 6.45) is 1.55. The third-order valence-corrected chi connectivity index (χ3v) is 5.66. The molecular formula is C19H19N3O2S. The largest absolute Gasteiger partial charge is 0.415 e. The van der Waals surface area contributed by atoms with Gasteiger partial charge in [-0.2, -0.15) is 0 Å². The van der Waals surface area contributed by atoms with E-state index in [1.807, 2.05) is 25.1 Å². The Morgan fingerprint density at radius 2 is 2.04 bits per heavy atom. The first-order chi connectivity index (χ1) is 12.1. The van der Waals surface area contributed by atoms with Gasteiger partial charge in [0, 0.05) is 12.2 Å². The van der Waals surface area contributed by atoms with E-state index < -0.39 is 0 Å². The third-order valence-electron chi connectivity index (χ3n) is 4.56. The van der Waals surface area contributed by atoms with Crippen LogP contribution in [0.1, 0.15) is 35.1 Å². The predicted molar refractivity (Wildman–Crippen MR) is 98.0 cm³/mol. The highest BCUT2D eigenvalue weighted by Crippen LogP contribution is 2.37. The van der Waals surface area contributed by atoms with E-state index in [9.17, 15) is 4.79 Å². The Bertz CT molecular complexity index is 884. The highest BCUT2D eigenvalue weighted by atomic mass is 32.1. The molecule has 6 heteroatoms. The van der Waals surface area contributed by atoms with Crippen LogP contribution in [-0.2, 0) is 0 Å². The fraction of sp³-hybridized carbons (Fsp3) is 0.316. The first-order valence-corrected chi connectivity index (χ1v) is 9.21. The lowest BCUT2D eigenvalue weighted by Gasteiger charge is -2.22. The van der Waals surface area contributed by atoms with Crippen molar-refractivity contribution in [2.24, 2.45) is 0 Å². The molecule has 1 aromatic carbocycles. The highest BCUT2D eigenvalue weighted by Gasteiger charge is 2.33. The third kappa shape index (κ3) is 3.09. The summed E-state index contributed by atoms with van der Waals surface area (Å²) in [4.78, 5) is 23.6. The normalized spacial score (nSPS) is 17.2. The number of thiazole rings is 1. The van der Waals surface area contributed by atoms with Crippen LogP contribution in [0.4, 0.5) is 4.79 Å². The number of nitrogens with zero attached hydrogens (tertiary/aromatic N) is 3. The van der Waals surface area contributed by atoms with Crippen molar-refractivity contribution in [1.82, 2.24) is 14.9 Å². The molecule has 1 saturated heterocycles. The van der Waals surface area contributed by atoms with Gasteiger partial charge < -0.3 is 4.74 Å². The molecule has 3 heterocycles. The van der Waals surface area contributed by atoms with E-state index >= 15 is 0 Å². The van der Waals surface area contributed by atoms with E-state index in [0.717, 1.165) is 39.5 Å². The number of para-hydroxylation sites is 1. The fourth-order valence-corrected chi connectivity index (χ4v) is 4.25. The van der Waals surface area contributed by atoms with Crippen molar-refractivity contribution in [3.8, 4) is 5.75 Å². The molecule has 0 unspecified atom stereocenters. The lowest BCUT2D eigenvalue weighted by Crippen LogP contribution is -2.33. The van der Waals surface area contributed by atoms with Gasteiger partial charge in [-0.3, -0.25) is 4.90 Å². The van der Waals surface area contributed by atoms with Gasteiger partial charge in [0.05, 0.1) is 10.7 Å². The summed E-state index contributed by atoms with van der Waals surface area (Å²) >= 11 is 1.62. The van der Waals surface area contributed by atoms with Gasteiger partial charge in [-0.15, -0.1) is 11.3 Å². The molecule has 0 radical (unpaired) electrons. The number of benzene rings is 1. The zero-order valence-corrected chi connectivity index (χ0v) is 15.0. The summed E-state index contributed by atoms with van der Waals surface area (Å²) in [7, 11) is 0. The minimum Gasteiger partial charge on any atom is -0.410 e. The van der Waals surface area contributed by atoms with Gasteiger partial charge in [-0.1, -0.05) is 18.2 Å². The van der Waals surface area contributed by atoms with Crippen molar-refractivity contribution < 1.29 is 9.53 Å². The Kier molecular flexibility index (Phi) is 4.13. The molecule has 25 heavy (non-hydrogen) atoms. The lowest BCUT2D eigenvalue weighted by molar-refractivity contribution is 0.147. The number of hydrogen-bond acceptors (Lipinski definition) is 5. The Balaban J connectivity index is 1.60. The number of amides is 1.